The van der Waals surface area contributed by atoms with E-state index in [4.69, 9.17) is 9.15 Å². The Labute approximate surface area is 97.8 Å². The fraction of sp³-hybridized carbons (Fsp3) is 0.154. The van der Waals surface area contributed by atoms with Crippen molar-refractivity contribution in [1.82, 2.24) is 0 Å². The summed E-state index contributed by atoms with van der Waals surface area (Å²) in [7, 11) is 1.44. The normalized spacial score (nSPS) is 10.3. The Morgan fingerprint density at radius 3 is 2.65 bits per heavy atom. The number of furan rings is 1. The minimum absolute atomic E-state index is 0.0242. The number of aryl methyl sites for hydroxylation is 1. The SMILES string of the molecule is COc1ccc(C(=O)c2occc2C)c(F)c1. The van der Waals surface area contributed by atoms with Crippen LogP contribution in [-0.4, -0.2) is 12.9 Å². The Balaban J connectivity index is 2.41. The maximum absolute atomic E-state index is 13.7. The first-order valence-electron chi connectivity index (χ1n) is 5.06. The van der Waals surface area contributed by atoms with Gasteiger partial charge in [-0.1, -0.05) is 0 Å². The van der Waals surface area contributed by atoms with Gasteiger partial charge in [-0.2, -0.15) is 0 Å². The molecule has 1 aromatic heterocycles. The summed E-state index contributed by atoms with van der Waals surface area (Å²) in [6.45, 7) is 1.73. The standard InChI is InChI=1S/C13H11FO3/c1-8-5-6-17-13(8)12(15)10-4-3-9(16-2)7-11(10)14/h3-7H,1-2H3. The highest BCUT2D eigenvalue weighted by Gasteiger charge is 2.19. The number of hydrogen-bond acceptors (Lipinski definition) is 3. The summed E-state index contributed by atoms with van der Waals surface area (Å²) < 4.78 is 23.6. The molecule has 0 spiro atoms. The number of carbonyl (C=O) groups excluding carboxylic acids is 1. The third-order valence-electron chi connectivity index (χ3n) is 2.49. The second kappa shape index (κ2) is 4.41. The molecule has 88 valence electrons. The predicted octanol–water partition coefficient (Wildman–Crippen LogP) is 2.97. The summed E-state index contributed by atoms with van der Waals surface area (Å²) in [4.78, 5) is 12.0. The quantitative estimate of drug-likeness (QED) is 0.766. The Kier molecular flexibility index (Phi) is 2.95. The maximum atomic E-state index is 13.7. The first-order valence-corrected chi connectivity index (χ1v) is 5.06. The van der Waals surface area contributed by atoms with E-state index in [2.05, 4.69) is 0 Å². The van der Waals surface area contributed by atoms with Gasteiger partial charge < -0.3 is 9.15 Å². The van der Waals surface area contributed by atoms with E-state index in [-0.39, 0.29) is 11.3 Å². The van der Waals surface area contributed by atoms with E-state index in [9.17, 15) is 9.18 Å². The Morgan fingerprint density at radius 2 is 2.12 bits per heavy atom. The van der Waals surface area contributed by atoms with Crippen LogP contribution in [0.3, 0.4) is 0 Å². The van der Waals surface area contributed by atoms with E-state index >= 15 is 0 Å². The summed E-state index contributed by atoms with van der Waals surface area (Å²) in [6, 6.07) is 5.76. The average Bonchev–Trinajstić information content (AvgIpc) is 2.74. The van der Waals surface area contributed by atoms with Crippen molar-refractivity contribution in [3.8, 4) is 5.75 Å². The van der Waals surface area contributed by atoms with Gasteiger partial charge >= 0.3 is 0 Å². The van der Waals surface area contributed by atoms with Crippen LogP contribution in [0.4, 0.5) is 4.39 Å². The third-order valence-corrected chi connectivity index (χ3v) is 2.49. The van der Waals surface area contributed by atoms with Crippen LogP contribution in [0.15, 0.2) is 34.9 Å². The van der Waals surface area contributed by atoms with E-state index in [0.717, 1.165) is 0 Å². The van der Waals surface area contributed by atoms with E-state index in [1.54, 1.807) is 13.0 Å². The number of methoxy groups -OCH3 is 1. The number of ether oxygens (including phenoxy) is 1. The smallest absolute Gasteiger partial charge is 0.231 e. The fourth-order valence-electron chi connectivity index (χ4n) is 1.53. The molecule has 1 heterocycles. The fourth-order valence-corrected chi connectivity index (χ4v) is 1.53. The zero-order valence-corrected chi connectivity index (χ0v) is 9.49. The van der Waals surface area contributed by atoms with Crippen molar-refractivity contribution < 1.29 is 18.3 Å². The van der Waals surface area contributed by atoms with Gasteiger partial charge in [-0.3, -0.25) is 4.79 Å². The van der Waals surface area contributed by atoms with E-state index in [0.29, 0.717) is 11.3 Å². The highest BCUT2D eigenvalue weighted by atomic mass is 19.1. The largest absolute Gasteiger partial charge is 0.497 e. The molecular formula is C13H11FO3. The molecule has 0 atom stereocenters. The minimum Gasteiger partial charge on any atom is -0.497 e. The Hall–Kier alpha value is -2.10. The first-order chi connectivity index (χ1) is 8.13. The van der Waals surface area contributed by atoms with Gasteiger partial charge in [-0.25, -0.2) is 4.39 Å². The summed E-state index contributed by atoms with van der Waals surface area (Å²) in [5.74, 6) is -0.554. The van der Waals surface area contributed by atoms with Crippen LogP contribution in [0.1, 0.15) is 21.7 Å². The molecule has 0 amide bonds. The van der Waals surface area contributed by atoms with Crippen molar-refractivity contribution in [2.75, 3.05) is 7.11 Å². The molecule has 2 rings (SSSR count). The molecule has 0 aliphatic carbocycles. The van der Waals surface area contributed by atoms with Crippen LogP contribution in [0.25, 0.3) is 0 Å². The topological polar surface area (TPSA) is 39.4 Å². The van der Waals surface area contributed by atoms with Crippen molar-refractivity contribution in [3.05, 3.63) is 53.2 Å². The van der Waals surface area contributed by atoms with Gasteiger partial charge in [0.15, 0.2) is 5.76 Å². The van der Waals surface area contributed by atoms with Gasteiger partial charge in [0, 0.05) is 6.07 Å². The van der Waals surface area contributed by atoms with Crippen LogP contribution in [-0.2, 0) is 0 Å². The van der Waals surface area contributed by atoms with Gasteiger partial charge in [0.1, 0.15) is 11.6 Å². The summed E-state index contributed by atoms with van der Waals surface area (Å²) in [6.07, 6.45) is 1.41. The van der Waals surface area contributed by atoms with E-state index < -0.39 is 11.6 Å². The zero-order valence-electron chi connectivity index (χ0n) is 9.49. The van der Waals surface area contributed by atoms with Gasteiger partial charge in [-0.05, 0) is 30.7 Å². The van der Waals surface area contributed by atoms with Crippen LogP contribution >= 0.6 is 0 Å². The number of rotatable bonds is 3. The van der Waals surface area contributed by atoms with Crippen molar-refractivity contribution in [2.24, 2.45) is 0 Å². The van der Waals surface area contributed by atoms with E-state index in [1.165, 1.54) is 31.6 Å². The molecule has 0 aliphatic heterocycles. The predicted molar refractivity (Wildman–Crippen MR) is 59.8 cm³/mol. The highest BCUT2D eigenvalue weighted by molar-refractivity contribution is 6.08. The van der Waals surface area contributed by atoms with Crippen LogP contribution in [0, 0.1) is 12.7 Å². The molecule has 0 bridgehead atoms. The second-order valence-electron chi connectivity index (χ2n) is 3.61. The maximum Gasteiger partial charge on any atom is 0.231 e. The Bertz CT molecular complexity index is 558. The lowest BCUT2D eigenvalue weighted by Gasteiger charge is -2.04. The van der Waals surface area contributed by atoms with Crippen LogP contribution in [0.2, 0.25) is 0 Å². The summed E-state index contributed by atoms with van der Waals surface area (Å²) in [5, 5.41) is 0. The molecule has 0 saturated carbocycles. The molecule has 0 fully saturated rings. The zero-order chi connectivity index (χ0) is 12.4. The monoisotopic (exact) mass is 234 g/mol. The van der Waals surface area contributed by atoms with Crippen molar-refractivity contribution in [1.29, 1.82) is 0 Å². The second-order valence-corrected chi connectivity index (χ2v) is 3.61. The molecule has 3 nitrogen and oxygen atoms in total. The average molecular weight is 234 g/mol. The molecule has 17 heavy (non-hydrogen) atoms. The summed E-state index contributed by atoms with van der Waals surface area (Å²) >= 11 is 0. The third kappa shape index (κ3) is 2.06. The molecular weight excluding hydrogens is 223 g/mol. The van der Waals surface area contributed by atoms with E-state index in [1.807, 2.05) is 0 Å². The molecule has 2 aromatic rings. The number of benzene rings is 1. The number of halogens is 1. The summed E-state index contributed by atoms with van der Waals surface area (Å²) in [5.41, 5.74) is 0.661. The minimum atomic E-state index is -0.620. The lowest BCUT2D eigenvalue weighted by Crippen LogP contribution is -2.04. The van der Waals surface area contributed by atoms with Crippen molar-refractivity contribution in [3.63, 3.8) is 0 Å². The lowest BCUT2D eigenvalue weighted by molar-refractivity contribution is 0.100. The van der Waals surface area contributed by atoms with Gasteiger partial charge in [0.05, 0.1) is 18.9 Å². The highest BCUT2D eigenvalue weighted by Crippen LogP contribution is 2.21. The molecule has 4 heteroatoms. The molecule has 0 saturated heterocycles. The van der Waals surface area contributed by atoms with Crippen molar-refractivity contribution >= 4 is 5.78 Å². The van der Waals surface area contributed by atoms with Gasteiger partial charge in [-0.15, -0.1) is 0 Å². The number of hydrogen-bond donors (Lipinski definition) is 0. The molecule has 1 aromatic carbocycles. The van der Waals surface area contributed by atoms with Crippen molar-refractivity contribution in [2.45, 2.75) is 6.92 Å². The van der Waals surface area contributed by atoms with Gasteiger partial charge in [0.2, 0.25) is 5.78 Å². The first kappa shape index (κ1) is 11.4. The van der Waals surface area contributed by atoms with Gasteiger partial charge in [0.25, 0.3) is 0 Å². The molecule has 0 radical (unpaired) electrons. The van der Waals surface area contributed by atoms with Crippen LogP contribution in [0.5, 0.6) is 5.75 Å². The lowest BCUT2D eigenvalue weighted by atomic mass is 10.1. The van der Waals surface area contributed by atoms with Crippen LogP contribution < -0.4 is 4.74 Å². The molecule has 0 N–H and O–H groups in total. The number of carbonyl (C=O) groups is 1. The molecule has 0 unspecified atom stereocenters. The number of ketones is 1. The Morgan fingerprint density at radius 1 is 1.35 bits per heavy atom. The molecule has 0 aliphatic rings.